The standard InChI is InChI=1S/C23H20N4O5S/c1-13-17(22(29)32-2)18(15-9-6-10-16(11-15)27(30)31)19-20(24-13)25-23(26-21(19)28)33-12-14-7-4-3-5-8-14/h3-11,18H,12H2,1-2H3,(H2,24,25,26,28). The highest BCUT2D eigenvalue weighted by atomic mass is 32.2. The number of aromatic amines is 1. The van der Waals surface area contributed by atoms with E-state index in [1.165, 1.54) is 37.1 Å². The maximum Gasteiger partial charge on any atom is 0.336 e. The molecule has 9 nitrogen and oxygen atoms in total. The van der Waals surface area contributed by atoms with E-state index in [4.69, 9.17) is 4.74 Å². The number of nitrogens with zero attached hydrogens (tertiary/aromatic N) is 2. The molecule has 1 aromatic heterocycles. The number of anilines is 1. The Hall–Kier alpha value is -3.92. The fourth-order valence-electron chi connectivity index (χ4n) is 3.76. The van der Waals surface area contributed by atoms with E-state index in [0.717, 1.165) is 5.56 Å². The lowest BCUT2D eigenvalue weighted by molar-refractivity contribution is -0.384. The number of thioether (sulfide) groups is 1. The first-order chi connectivity index (χ1) is 15.9. The maximum absolute atomic E-state index is 13.2. The number of hydrogen-bond acceptors (Lipinski definition) is 8. The van der Waals surface area contributed by atoms with Crippen molar-refractivity contribution in [2.24, 2.45) is 0 Å². The number of carbonyl (C=O) groups is 1. The number of ether oxygens (including phenoxy) is 1. The summed E-state index contributed by atoms with van der Waals surface area (Å²) in [6.07, 6.45) is 0. The van der Waals surface area contributed by atoms with E-state index in [2.05, 4.69) is 15.3 Å². The molecule has 0 aliphatic carbocycles. The molecule has 4 rings (SSSR count). The number of carbonyl (C=O) groups excluding carboxylic acids is 1. The third kappa shape index (κ3) is 4.51. The second-order valence-corrected chi connectivity index (χ2v) is 8.31. The number of methoxy groups -OCH3 is 1. The van der Waals surface area contributed by atoms with Crippen molar-refractivity contribution in [1.29, 1.82) is 0 Å². The van der Waals surface area contributed by atoms with Crippen LogP contribution in [0.25, 0.3) is 0 Å². The molecular weight excluding hydrogens is 444 g/mol. The van der Waals surface area contributed by atoms with Gasteiger partial charge in [0.2, 0.25) is 0 Å². The van der Waals surface area contributed by atoms with Crippen molar-refractivity contribution in [3.63, 3.8) is 0 Å². The number of benzene rings is 2. The smallest absolute Gasteiger partial charge is 0.336 e. The quantitative estimate of drug-likeness (QED) is 0.184. The minimum atomic E-state index is -0.877. The monoisotopic (exact) mass is 464 g/mol. The topological polar surface area (TPSA) is 127 Å². The molecule has 0 amide bonds. The molecule has 1 aliphatic rings. The predicted molar refractivity (Wildman–Crippen MR) is 124 cm³/mol. The molecule has 1 unspecified atom stereocenters. The summed E-state index contributed by atoms with van der Waals surface area (Å²) in [5, 5.41) is 14.8. The van der Waals surface area contributed by atoms with Crippen molar-refractivity contribution < 1.29 is 14.5 Å². The normalized spacial score (nSPS) is 14.9. The van der Waals surface area contributed by atoms with Crippen molar-refractivity contribution in [2.75, 3.05) is 12.4 Å². The first-order valence-corrected chi connectivity index (χ1v) is 11.0. The average Bonchev–Trinajstić information content (AvgIpc) is 2.82. The lowest BCUT2D eigenvalue weighted by Gasteiger charge is -2.28. The molecule has 10 heteroatoms. The van der Waals surface area contributed by atoms with E-state index in [0.29, 0.717) is 28.0 Å². The Labute approximate surface area is 193 Å². The van der Waals surface area contributed by atoms with Crippen LogP contribution in [0.2, 0.25) is 0 Å². The zero-order valence-corrected chi connectivity index (χ0v) is 18.6. The van der Waals surface area contributed by atoms with Gasteiger partial charge in [0.05, 0.1) is 29.1 Å². The summed E-state index contributed by atoms with van der Waals surface area (Å²) in [6, 6.07) is 15.6. The lowest BCUT2D eigenvalue weighted by atomic mass is 9.82. The van der Waals surface area contributed by atoms with Gasteiger partial charge in [-0.05, 0) is 18.1 Å². The minimum absolute atomic E-state index is 0.145. The van der Waals surface area contributed by atoms with E-state index in [9.17, 15) is 19.7 Å². The summed E-state index contributed by atoms with van der Waals surface area (Å²) in [5.41, 5.74) is 1.77. The number of rotatable bonds is 6. The molecule has 2 aromatic carbocycles. The van der Waals surface area contributed by atoms with E-state index in [-0.39, 0.29) is 16.8 Å². The molecule has 168 valence electrons. The number of H-pyrrole nitrogens is 1. The summed E-state index contributed by atoms with van der Waals surface area (Å²) in [5.74, 6) is -0.600. The van der Waals surface area contributed by atoms with Crippen molar-refractivity contribution in [3.05, 3.63) is 103 Å². The number of aromatic nitrogens is 2. The highest BCUT2D eigenvalue weighted by molar-refractivity contribution is 7.98. The van der Waals surface area contributed by atoms with Crippen molar-refractivity contribution in [3.8, 4) is 0 Å². The Morgan fingerprint density at radius 2 is 1.97 bits per heavy atom. The van der Waals surface area contributed by atoms with E-state index in [1.807, 2.05) is 30.3 Å². The van der Waals surface area contributed by atoms with Crippen LogP contribution in [-0.2, 0) is 15.3 Å². The number of esters is 1. The number of allylic oxidation sites excluding steroid dienone is 1. The van der Waals surface area contributed by atoms with Gasteiger partial charge in [-0.15, -0.1) is 0 Å². The summed E-state index contributed by atoms with van der Waals surface area (Å²) >= 11 is 1.37. The summed E-state index contributed by atoms with van der Waals surface area (Å²) < 4.78 is 4.95. The van der Waals surface area contributed by atoms with Crippen LogP contribution in [-0.4, -0.2) is 28.0 Å². The Morgan fingerprint density at radius 1 is 1.21 bits per heavy atom. The molecule has 1 atom stereocenters. The van der Waals surface area contributed by atoms with Crippen molar-refractivity contribution in [2.45, 2.75) is 23.8 Å². The van der Waals surface area contributed by atoms with Gasteiger partial charge in [0.15, 0.2) is 5.16 Å². The van der Waals surface area contributed by atoms with Gasteiger partial charge >= 0.3 is 5.97 Å². The lowest BCUT2D eigenvalue weighted by Crippen LogP contribution is -2.31. The zero-order valence-electron chi connectivity index (χ0n) is 17.8. The van der Waals surface area contributed by atoms with E-state index < -0.39 is 22.4 Å². The molecule has 0 saturated carbocycles. The van der Waals surface area contributed by atoms with E-state index in [1.54, 1.807) is 13.0 Å². The fourth-order valence-corrected chi connectivity index (χ4v) is 4.57. The van der Waals surface area contributed by atoms with Crippen LogP contribution in [0.1, 0.15) is 29.5 Å². The predicted octanol–water partition coefficient (Wildman–Crippen LogP) is 3.97. The highest BCUT2D eigenvalue weighted by Gasteiger charge is 2.36. The Balaban J connectivity index is 1.80. The molecule has 3 aromatic rings. The number of nitro benzene ring substituents is 1. The number of non-ortho nitro benzene ring substituents is 1. The number of fused-ring (bicyclic) bond motifs is 1. The van der Waals surface area contributed by atoms with Crippen LogP contribution in [0.5, 0.6) is 0 Å². The first-order valence-electron chi connectivity index (χ1n) is 10.0. The largest absolute Gasteiger partial charge is 0.466 e. The third-order valence-electron chi connectivity index (χ3n) is 5.26. The van der Waals surface area contributed by atoms with Crippen LogP contribution in [0.4, 0.5) is 11.5 Å². The molecule has 0 fully saturated rings. The average molecular weight is 465 g/mol. The van der Waals surface area contributed by atoms with E-state index >= 15 is 0 Å². The Bertz CT molecular complexity index is 1320. The zero-order chi connectivity index (χ0) is 23.5. The molecule has 2 N–H and O–H groups in total. The number of nitro groups is 1. The van der Waals surface area contributed by atoms with Crippen molar-refractivity contribution in [1.82, 2.24) is 9.97 Å². The van der Waals surface area contributed by atoms with Crippen molar-refractivity contribution >= 4 is 29.2 Å². The molecule has 0 bridgehead atoms. The van der Waals surface area contributed by atoms with Gasteiger partial charge in [-0.1, -0.05) is 54.2 Å². The molecule has 1 aliphatic heterocycles. The van der Waals surface area contributed by atoms with Gasteiger partial charge in [-0.25, -0.2) is 9.78 Å². The van der Waals surface area contributed by atoms with Gasteiger partial charge in [-0.3, -0.25) is 14.9 Å². The third-order valence-corrected chi connectivity index (χ3v) is 6.20. The molecular formula is C23H20N4O5S. The fraction of sp³-hybridized carbons (Fsp3) is 0.174. The van der Waals surface area contributed by atoms with Gasteiger partial charge in [0.1, 0.15) is 5.82 Å². The Kier molecular flexibility index (Phi) is 6.27. The number of nitrogens with one attached hydrogen (secondary N) is 2. The molecule has 0 spiro atoms. The summed E-state index contributed by atoms with van der Waals surface area (Å²) in [6.45, 7) is 1.68. The first kappa shape index (κ1) is 22.3. The van der Waals surface area contributed by atoms with Gasteiger partial charge in [-0.2, -0.15) is 0 Å². The van der Waals surface area contributed by atoms with Crippen LogP contribution in [0.15, 0.2) is 75.8 Å². The van der Waals surface area contributed by atoms with Gasteiger partial charge in [0.25, 0.3) is 11.2 Å². The molecule has 0 radical (unpaired) electrons. The molecule has 2 heterocycles. The van der Waals surface area contributed by atoms with Crippen LogP contribution < -0.4 is 10.9 Å². The Morgan fingerprint density at radius 3 is 2.67 bits per heavy atom. The summed E-state index contributed by atoms with van der Waals surface area (Å²) in [4.78, 5) is 44.0. The SMILES string of the molecule is COC(=O)C1=C(C)Nc2nc(SCc3ccccc3)[nH]c(=O)c2C1c1cccc([N+](=O)[O-])c1. The second-order valence-electron chi connectivity index (χ2n) is 7.35. The summed E-state index contributed by atoms with van der Waals surface area (Å²) in [7, 11) is 1.24. The number of hydrogen-bond donors (Lipinski definition) is 2. The molecule has 0 saturated heterocycles. The second kappa shape index (κ2) is 9.29. The highest BCUT2D eigenvalue weighted by Crippen LogP contribution is 2.40. The molecule has 33 heavy (non-hydrogen) atoms. The van der Waals surface area contributed by atoms with Crippen LogP contribution in [0.3, 0.4) is 0 Å². The minimum Gasteiger partial charge on any atom is -0.466 e. The van der Waals surface area contributed by atoms with Gasteiger partial charge in [0, 0.05) is 23.6 Å². The van der Waals surface area contributed by atoms with Gasteiger partial charge < -0.3 is 15.0 Å². The maximum atomic E-state index is 13.2. The van der Waals surface area contributed by atoms with Crippen LogP contribution >= 0.6 is 11.8 Å². The van der Waals surface area contributed by atoms with Crippen LogP contribution in [0, 0.1) is 10.1 Å².